The van der Waals surface area contributed by atoms with Gasteiger partial charge in [0.15, 0.2) is 0 Å². The summed E-state index contributed by atoms with van der Waals surface area (Å²) in [6, 6.07) is 20.3. The van der Waals surface area contributed by atoms with Crippen LogP contribution < -0.4 is 10.6 Å². The minimum absolute atomic E-state index is 0.185. The van der Waals surface area contributed by atoms with E-state index in [4.69, 9.17) is 0 Å². The van der Waals surface area contributed by atoms with Crippen LogP contribution in [-0.2, 0) is 11.0 Å². The molecule has 1 aromatic heterocycles. The maximum atomic E-state index is 12.8. The zero-order valence-corrected chi connectivity index (χ0v) is 24.5. The van der Waals surface area contributed by atoms with Crippen molar-refractivity contribution in [2.75, 3.05) is 5.32 Å². The first-order valence-corrected chi connectivity index (χ1v) is 13.4. The van der Waals surface area contributed by atoms with Crippen LogP contribution in [0.1, 0.15) is 47.8 Å². The van der Waals surface area contributed by atoms with Gasteiger partial charge < -0.3 is 10.6 Å². The van der Waals surface area contributed by atoms with Gasteiger partial charge in [-0.25, -0.2) is 4.68 Å². The molecule has 2 N–H and O–H groups in total. The van der Waals surface area contributed by atoms with Gasteiger partial charge in [0.25, 0.3) is 5.91 Å². The minimum Gasteiger partial charge on any atom is -0.341 e. The Morgan fingerprint density at radius 3 is 2.10 bits per heavy atom. The summed E-state index contributed by atoms with van der Waals surface area (Å²) in [6.07, 6.45) is -2.97. The van der Waals surface area contributed by atoms with E-state index in [0.717, 1.165) is 23.9 Å². The highest BCUT2D eigenvalue weighted by atomic mass is 79.9. The Hall–Kier alpha value is -3.92. The zero-order valence-electron chi connectivity index (χ0n) is 22.9. The molecule has 1 unspecified atom stereocenters. The lowest BCUT2D eigenvalue weighted by Gasteiger charge is -2.16. The molecule has 0 radical (unpaired) electrons. The number of aromatic nitrogens is 2. The number of alkyl halides is 3. The Kier molecular flexibility index (Phi) is 12.1. The maximum absolute atomic E-state index is 12.8. The molecular weight excluding hydrogens is 585 g/mol. The topological polar surface area (TPSA) is 76.0 Å². The molecule has 10 heteroatoms. The number of halogens is 4. The lowest BCUT2D eigenvalue weighted by molar-refractivity contribution is -0.137. The molecule has 0 fully saturated rings. The van der Waals surface area contributed by atoms with E-state index in [-0.39, 0.29) is 5.56 Å². The van der Waals surface area contributed by atoms with Crippen molar-refractivity contribution < 1.29 is 22.8 Å². The Bertz CT molecular complexity index is 1380. The molecule has 40 heavy (non-hydrogen) atoms. The second-order valence-electron chi connectivity index (χ2n) is 8.44. The first-order valence-electron chi connectivity index (χ1n) is 12.6. The number of para-hydroxylation sites is 1. The van der Waals surface area contributed by atoms with E-state index in [1.54, 1.807) is 17.8 Å². The normalized spacial score (nSPS) is 11.2. The van der Waals surface area contributed by atoms with Gasteiger partial charge >= 0.3 is 6.18 Å². The molecular formula is C30H32BrF3N4O2. The fourth-order valence-electron chi connectivity index (χ4n) is 3.30. The second kappa shape index (κ2) is 15.0. The molecule has 212 valence electrons. The van der Waals surface area contributed by atoms with E-state index in [9.17, 15) is 22.8 Å². The van der Waals surface area contributed by atoms with Gasteiger partial charge in [0, 0.05) is 15.6 Å². The van der Waals surface area contributed by atoms with Gasteiger partial charge in [0.05, 0.1) is 17.4 Å². The van der Waals surface area contributed by atoms with Gasteiger partial charge in [0.2, 0.25) is 5.91 Å². The molecule has 4 rings (SSSR count). The molecule has 2 amide bonds. The van der Waals surface area contributed by atoms with Crippen molar-refractivity contribution in [1.29, 1.82) is 0 Å². The molecule has 1 atom stereocenters. The number of benzene rings is 3. The van der Waals surface area contributed by atoms with Gasteiger partial charge in [0.1, 0.15) is 11.9 Å². The number of nitrogens with zero attached hydrogens (tertiary/aromatic N) is 2. The number of nitrogens with one attached hydrogen (secondary N) is 2. The third-order valence-corrected chi connectivity index (χ3v) is 6.35. The maximum Gasteiger partial charge on any atom is 0.416 e. The predicted octanol–water partition coefficient (Wildman–Crippen LogP) is 7.74. The number of carbonyl (C=O) groups is 2. The molecule has 0 bridgehead atoms. The van der Waals surface area contributed by atoms with Crippen LogP contribution in [0, 0.1) is 13.8 Å². The molecule has 0 aliphatic heterocycles. The van der Waals surface area contributed by atoms with Crippen LogP contribution in [0.4, 0.5) is 19.0 Å². The molecule has 0 aliphatic carbocycles. The third-order valence-electron chi connectivity index (χ3n) is 5.46. The molecule has 0 saturated carbocycles. The van der Waals surface area contributed by atoms with Crippen LogP contribution in [0.3, 0.4) is 0 Å². The molecule has 0 spiro atoms. The Morgan fingerprint density at radius 2 is 1.52 bits per heavy atom. The fraction of sp³-hybridized carbons (Fsp3) is 0.233. The second-order valence-corrected chi connectivity index (χ2v) is 9.29. The van der Waals surface area contributed by atoms with Crippen molar-refractivity contribution in [3.8, 4) is 5.69 Å². The van der Waals surface area contributed by atoms with E-state index in [1.807, 2.05) is 62.4 Å². The summed E-state index contributed by atoms with van der Waals surface area (Å²) in [5.74, 6) is -0.875. The summed E-state index contributed by atoms with van der Waals surface area (Å²) >= 11 is 3.40. The smallest absolute Gasteiger partial charge is 0.341 e. The van der Waals surface area contributed by atoms with Crippen molar-refractivity contribution in [2.24, 2.45) is 0 Å². The quantitative estimate of drug-likeness (QED) is 0.241. The van der Waals surface area contributed by atoms with E-state index in [1.165, 1.54) is 23.0 Å². The molecule has 6 nitrogen and oxygen atoms in total. The number of anilines is 1. The van der Waals surface area contributed by atoms with Crippen LogP contribution in [-0.4, -0.2) is 27.6 Å². The lowest BCUT2D eigenvalue weighted by Crippen LogP contribution is -2.42. The monoisotopic (exact) mass is 616 g/mol. The van der Waals surface area contributed by atoms with Crippen molar-refractivity contribution in [3.63, 3.8) is 0 Å². The van der Waals surface area contributed by atoms with Crippen LogP contribution in [0.2, 0.25) is 0 Å². The highest BCUT2D eigenvalue weighted by Crippen LogP contribution is 2.29. The summed E-state index contributed by atoms with van der Waals surface area (Å²) in [4.78, 5) is 24.9. The van der Waals surface area contributed by atoms with Gasteiger partial charge in [-0.2, -0.15) is 18.3 Å². The van der Waals surface area contributed by atoms with Crippen LogP contribution >= 0.6 is 15.9 Å². The van der Waals surface area contributed by atoms with E-state index in [2.05, 4.69) is 44.7 Å². The molecule has 0 aliphatic rings. The first kappa shape index (κ1) is 32.3. The fourth-order valence-corrected chi connectivity index (χ4v) is 3.59. The van der Waals surface area contributed by atoms with Gasteiger partial charge in [-0.3, -0.25) is 9.59 Å². The van der Waals surface area contributed by atoms with Crippen molar-refractivity contribution in [1.82, 2.24) is 15.1 Å². The summed E-state index contributed by atoms with van der Waals surface area (Å²) < 4.78 is 41.3. The molecule has 3 aromatic carbocycles. The highest BCUT2D eigenvalue weighted by Gasteiger charge is 2.31. The van der Waals surface area contributed by atoms with Crippen LogP contribution in [0.5, 0.6) is 0 Å². The number of carbonyl (C=O) groups excluding carboxylic acids is 2. The molecule has 4 aromatic rings. The summed E-state index contributed by atoms with van der Waals surface area (Å²) in [5, 5.41) is 9.38. The minimum atomic E-state index is -4.56. The van der Waals surface area contributed by atoms with Gasteiger partial charge in [-0.05, 0) is 62.7 Å². The molecule has 1 heterocycles. The van der Waals surface area contributed by atoms with E-state index >= 15 is 0 Å². The Labute approximate surface area is 240 Å². The van der Waals surface area contributed by atoms with Crippen molar-refractivity contribution in [3.05, 3.63) is 112 Å². The lowest BCUT2D eigenvalue weighted by atomic mass is 10.1. The zero-order chi connectivity index (χ0) is 29.9. The van der Waals surface area contributed by atoms with Crippen molar-refractivity contribution >= 4 is 33.6 Å². The molecule has 0 saturated heterocycles. The number of hydrogen-bond donors (Lipinski definition) is 2. The largest absolute Gasteiger partial charge is 0.416 e. The van der Waals surface area contributed by atoms with E-state index in [0.29, 0.717) is 11.4 Å². The Balaban J connectivity index is 0.000000475. The first-order chi connectivity index (χ1) is 19.0. The average molecular weight is 618 g/mol. The van der Waals surface area contributed by atoms with Gasteiger partial charge in [-0.1, -0.05) is 72.2 Å². The standard InChI is InChI=1S/C21H19F3N4O2.C7H7Br.C2H6/c1-13-12-25-28(17-9-4-3-5-10-17)18(13)27-19(29)14(2)26-20(30)15-7-6-8-16(11-15)21(22,23)24;1-6-4-2-3-5-7(6)8;1-2/h3-12,14H,1-2H3,(H,26,30)(H,27,29);2-5H,1H3;1-2H3. The summed E-state index contributed by atoms with van der Waals surface area (Å²) in [7, 11) is 0. The third kappa shape index (κ3) is 9.08. The highest BCUT2D eigenvalue weighted by molar-refractivity contribution is 9.10. The number of hydrogen-bond acceptors (Lipinski definition) is 3. The summed E-state index contributed by atoms with van der Waals surface area (Å²) in [5.41, 5.74) is 1.61. The van der Waals surface area contributed by atoms with Crippen molar-refractivity contribution in [2.45, 2.75) is 46.8 Å². The summed E-state index contributed by atoms with van der Waals surface area (Å²) in [6.45, 7) is 9.29. The number of amides is 2. The Morgan fingerprint density at radius 1 is 0.900 bits per heavy atom. The van der Waals surface area contributed by atoms with Crippen LogP contribution in [0.25, 0.3) is 5.69 Å². The number of aryl methyl sites for hydroxylation is 2. The number of rotatable bonds is 5. The van der Waals surface area contributed by atoms with Gasteiger partial charge in [-0.15, -0.1) is 0 Å². The predicted molar refractivity (Wildman–Crippen MR) is 156 cm³/mol. The van der Waals surface area contributed by atoms with Crippen LogP contribution in [0.15, 0.2) is 89.5 Å². The SMILES string of the molecule is CC.Cc1ccccc1Br.Cc1cnn(-c2ccccc2)c1NC(=O)C(C)NC(=O)c1cccc(C(F)(F)F)c1. The average Bonchev–Trinajstić information content (AvgIpc) is 3.31. The van der Waals surface area contributed by atoms with E-state index < -0.39 is 29.6 Å².